The number of rotatable bonds is 16. The van der Waals surface area contributed by atoms with E-state index in [0.29, 0.717) is 39.0 Å². The summed E-state index contributed by atoms with van der Waals surface area (Å²) in [6, 6.07) is -0.155. The first-order valence-corrected chi connectivity index (χ1v) is 16.0. The molecule has 250 valence electrons. The molecule has 2 unspecified atom stereocenters. The molecule has 0 radical (unpaired) electrons. The van der Waals surface area contributed by atoms with Crippen LogP contribution in [-0.2, 0) is 23.8 Å². The van der Waals surface area contributed by atoms with E-state index in [0.717, 1.165) is 44.4 Å². The summed E-state index contributed by atoms with van der Waals surface area (Å²) in [5.74, 6) is 0.480. The van der Waals surface area contributed by atoms with Crippen molar-refractivity contribution in [3.05, 3.63) is 0 Å². The van der Waals surface area contributed by atoms with E-state index >= 15 is 0 Å². The van der Waals surface area contributed by atoms with Crippen molar-refractivity contribution < 1.29 is 44.2 Å². The molecule has 7 atom stereocenters. The molecule has 0 aliphatic carbocycles. The predicted molar refractivity (Wildman–Crippen MR) is 163 cm³/mol. The average Bonchev–Trinajstić information content (AvgIpc) is 3.41. The van der Waals surface area contributed by atoms with Crippen molar-refractivity contribution in [3.63, 3.8) is 0 Å². The van der Waals surface area contributed by atoms with Crippen molar-refractivity contribution in [2.45, 2.75) is 136 Å². The molecule has 5 N–H and O–H groups in total. The lowest BCUT2D eigenvalue weighted by molar-refractivity contribution is -0.282. The van der Waals surface area contributed by atoms with Crippen molar-refractivity contribution in [1.29, 1.82) is 0 Å². The Kier molecular flexibility index (Phi) is 23.3. The molecule has 2 rings (SSSR count). The van der Waals surface area contributed by atoms with Gasteiger partial charge in [0.1, 0.15) is 12.2 Å². The smallest absolute Gasteiger partial charge is 0.222 e. The molecular weight excluding hydrogens is 544 g/mol. The third kappa shape index (κ3) is 15.9. The molecule has 2 aliphatic rings. The van der Waals surface area contributed by atoms with Gasteiger partial charge in [-0.3, -0.25) is 9.59 Å². The number of hydrogen-bond acceptors (Lipinski definition) is 9. The highest BCUT2D eigenvalue weighted by Crippen LogP contribution is 2.27. The van der Waals surface area contributed by atoms with E-state index in [9.17, 15) is 30.0 Å². The van der Waals surface area contributed by atoms with Gasteiger partial charge < -0.3 is 44.9 Å². The Morgan fingerprint density at radius 2 is 1.57 bits per heavy atom. The molecule has 2 amide bonds. The Morgan fingerprint density at radius 1 is 0.952 bits per heavy atom. The van der Waals surface area contributed by atoms with E-state index < -0.39 is 37.1 Å². The molecule has 0 bridgehead atoms. The molecule has 0 aromatic rings. The lowest BCUT2D eigenvalue weighted by Crippen LogP contribution is -2.55. The van der Waals surface area contributed by atoms with Gasteiger partial charge in [-0.05, 0) is 38.0 Å². The number of unbranched alkanes of at least 4 members (excludes halogenated alkanes) is 4. The van der Waals surface area contributed by atoms with E-state index in [-0.39, 0.29) is 30.6 Å². The minimum Gasteiger partial charge on any atom is -0.394 e. The number of amides is 2. The molecule has 2 aliphatic heterocycles. The molecule has 0 saturated carbocycles. The maximum atomic E-state index is 12.4. The minimum atomic E-state index is -1.13. The normalized spacial score (nSPS) is 27.1. The SMILES string of the molecule is CC.CC(C)C.CO[C@@H]1C[C@@H](CO)N(C(=O)CCCCCNC(=O)CCCCCO[C@@H]2OC(CO)[C@H](O)[C@H](O)C2C)C1. The third-order valence-electron chi connectivity index (χ3n) is 7.15. The average molecular weight is 607 g/mol. The van der Waals surface area contributed by atoms with Crippen LogP contribution in [0.25, 0.3) is 0 Å². The fraction of sp³-hybridized carbons (Fsp3) is 0.935. The molecule has 11 heteroatoms. The topological polar surface area (TPSA) is 158 Å². The van der Waals surface area contributed by atoms with Gasteiger partial charge in [-0.25, -0.2) is 0 Å². The summed E-state index contributed by atoms with van der Waals surface area (Å²) in [5, 5.41) is 41.6. The van der Waals surface area contributed by atoms with Crippen LogP contribution in [0.3, 0.4) is 0 Å². The van der Waals surface area contributed by atoms with Crippen LogP contribution in [0.5, 0.6) is 0 Å². The number of aliphatic hydroxyl groups is 4. The fourth-order valence-corrected chi connectivity index (χ4v) is 4.74. The second kappa shape index (κ2) is 24.0. The molecule has 2 saturated heterocycles. The van der Waals surface area contributed by atoms with E-state index in [1.165, 1.54) is 0 Å². The van der Waals surface area contributed by atoms with Gasteiger partial charge in [0.15, 0.2) is 6.29 Å². The first kappa shape index (κ1) is 40.7. The Balaban J connectivity index is 0.00000257. The summed E-state index contributed by atoms with van der Waals surface area (Å²) in [6.45, 7) is 13.3. The lowest BCUT2D eigenvalue weighted by atomic mass is 9.92. The number of aliphatic hydroxyl groups excluding tert-OH is 4. The van der Waals surface area contributed by atoms with Gasteiger partial charge in [0.05, 0.1) is 31.5 Å². The van der Waals surface area contributed by atoms with Crippen LogP contribution in [-0.4, -0.2) is 114 Å². The van der Waals surface area contributed by atoms with Crippen LogP contribution < -0.4 is 5.32 Å². The van der Waals surface area contributed by atoms with Gasteiger partial charge in [0.2, 0.25) is 11.8 Å². The van der Waals surface area contributed by atoms with Gasteiger partial charge in [-0.1, -0.05) is 54.4 Å². The largest absolute Gasteiger partial charge is 0.394 e. The molecule has 2 fully saturated rings. The first-order valence-electron chi connectivity index (χ1n) is 16.0. The van der Waals surface area contributed by atoms with Crippen LogP contribution in [0.2, 0.25) is 0 Å². The van der Waals surface area contributed by atoms with Gasteiger partial charge in [-0.15, -0.1) is 0 Å². The van der Waals surface area contributed by atoms with Crippen molar-refractivity contribution >= 4 is 11.8 Å². The Labute approximate surface area is 254 Å². The summed E-state index contributed by atoms with van der Waals surface area (Å²) < 4.78 is 16.5. The number of carbonyl (C=O) groups is 2. The number of ether oxygens (including phenoxy) is 3. The molecular formula is C31H62N2O9. The van der Waals surface area contributed by atoms with Crippen molar-refractivity contribution in [2.24, 2.45) is 11.8 Å². The summed E-state index contributed by atoms with van der Waals surface area (Å²) in [4.78, 5) is 26.2. The molecule has 0 spiro atoms. The Bertz CT molecular complexity index is 693. The summed E-state index contributed by atoms with van der Waals surface area (Å²) in [6.07, 6.45) is 2.51. The monoisotopic (exact) mass is 606 g/mol. The van der Waals surface area contributed by atoms with Crippen LogP contribution >= 0.6 is 0 Å². The third-order valence-corrected chi connectivity index (χ3v) is 7.15. The zero-order valence-corrected chi connectivity index (χ0v) is 27.3. The first-order chi connectivity index (χ1) is 20.0. The molecule has 0 aromatic heterocycles. The van der Waals surface area contributed by atoms with Gasteiger partial charge in [-0.2, -0.15) is 0 Å². The van der Waals surface area contributed by atoms with Crippen LogP contribution in [0.4, 0.5) is 0 Å². The second-order valence-corrected chi connectivity index (χ2v) is 11.6. The predicted octanol–water partition coefficient (Wildman–Crippen LogP) is 2.61. The number of hydrogen-bond donors (Lipinski definition) is 5. The lowest BCUT2D eigenvalue weighted by Gasteiger charge is -2.40. The Morgan fingerprint density at radius 3 is 2.17 bits per heavy atom. The fourth-order valence-electron chi connectivity index (χ4n) is 4.74. The highest BCUT2D eigenvalue weighted by molar-refractivity contribution is 5.77. The van der Waals surface area contributed by atoms with Gasteiger partial charge in [0.25, 0.3) is 0 Å². The van der Waals surface area contributed by atoms with Gasteiger partial charge >= 0.3 is 0 Å². The van der Waals surface area contributed by atoms with E-state index in [1.807, 2.05) is 13.8 Å². The minimum absolute atomic E-state index is 0.00703. The second-order valence-electron chi connectivity index (χ2n) is 11.6. The van der Waals surface area contributed by atoms with Crippen LogP contribution in [0.15, 0.2) is 0 Å². The maximum Gasteiger partial charge on any atom is 0.222 e. The number of likely N-dealkylation sites (tertiary alicyclic amines) is 1. The number of carbonyl (C=O) groups excluding carboxylic acids is 2. The zero-order valence-electron chi connectivity index (χ0n) is 27.3. The number of nitrogens with zero attached hydrogens (tertiary/aromatic N) is 1. The number of methoxy groups -OCH3 is 1. The quantitative estimate of drug-likeness (QED) is 0.167. The highest BCUT2D eigenvalue weighted by atomic mass is 16.7. The van der Waals surface area contributed by atoms with Crippen molar-refractivity contribution in [3.8, 4) is 0 Å². The standard InChI is InChI=1S/C25H46N2O9.C4H10.C2H6/c1-17-23(32)24(33)20(16-29)36-25(17)35-12-8-4-5-9-21(30)26-11-7-3-6-10-22(31)27-14-19(34-2)13-18(27)15-28;1-4(2)3;1-2/h17-20,23-25,28-29,32-33H,3-16H2,1-2H3,(H,26,30);4H,1-3H3;1-2H3/t17?,18-,19+,20?,23+,24-,25+;;/m0../s1. The van der Waals surface area contributed by atoms with E-state index in [2.05, 4.69) is 26.1 Å². The highest BCUT2D eigenvalue weighted by Gasteiger charge is 2.42. The molecule has 0 aromatic carbocycles. The summed E-state index contributed by atoms with van der Waals surface area (Å²) in [5.41, 5.74) is 0. The number of nitrogens with one attached hydrogen (secondary N) is 1. The zero-order chi connectivity index (χ0) is 32.1. The van der Waals surface area contributed by atoms with Crippen molar-refractivity contribution in [1.82, 2.24) is 10.2 Å². The van der Waals surface area contributed by atoms with Gasteiger partial charge in [0, 0.05) is 45.6 Å². The Hall–Kier alpha value is -1.34. The molecule has 11 nitrogen and oxygen atoms in total. The summed E-state index contributed by atoms with van der Waals surface area (Å²) in [7, 11) is 1.62. The van der Waals surface area contributed by atoms with Crippen LogP contribution in [0.1, 0.15) is 99.3 Å². The molecule has 2 heterocycles. The maximum absolute atomic E-state index is 12.4. The summed E-state index contributed by atoms with van der Waals surface area (Å²) >= 11 is 0. The van der Waals surface area contributed by atoms with E-state index in [4.69, 9.17) is 14.2 Å². The van der Waals surface area contributed by atoms with E-state index in [1.54, 1.807) is 18.9 Å². The molecule has 42 heavy (non-hydrogen) atoms. The van der Waals surface area contributed by atoms with Crippen molar-refractivity contribution in [2.75, 3.05) is 40.0 Å². The van der Waals surface area contributed by atoms with Crippen LogP contribution in [0, 0.1) is 11.8 Å².